The molecular formula is C24H26O5S. The third kappa shape index (κ3) is 6.24. The third-order valence-corrected chi connectivity index (χ3v) is 6.00. The van der Waals surface area contributed by atoms with Gasteiger partial charge in [-0.1, -0.05) is 36.4 Å². The van der Waals surface area contributed by atoms with Crippen LogP contribution in [-0.4, -0.2) is 46.7 Å². The Kier molecular flexibility index (Phi) is 7.76. The van der Waals surface area contributed by atoms with Gasteiger partial charge in [0.1, 0.15) is 0 Å². The number of hydrogen-bond donors (Lipinski definition) is 3. The molecule has 2 atom stereocenters. The molecule has 3 aromatic rings. The van der Waals surface area contributed by atoms with Gasteiger partial charge in [-0.25, -0.2) is 4.79 Å². The molecule has 2 heterocycles. The van der Waals surface area contributed by atoms with Crippen molar-refractivity contribution < 1.29 is 24.9 Å². The Labute approximate surface area is 180 Å². The molecule has 0 spiro atoms. The van der Waals surface area contributed by atoms with Gasteiger partial charge in [-0.05, 0) is 47.9 Å². The molecule has 30 heavy (non-hydrogen) atoms. The summed E-state index contributed by atoms with van der Waals surface area (Å²) in [4.78, 5) is 13.4. The average Bonchev–Trinajstić information content (AvgIpc) is 3.19. The number of carboxylic acids is 1. The summed E-state index contributed by atoms with van der Waals surface area (Å²) in [6, 6.07) is 19.7. The van der Waals surface area contributed by atoms with E-state index in [1.807, 2.05) is 12.1 Å². The lowest BCUT2D eigenvalue weighted by atomic mass is 10.1. The van der Waals surface area contributed by atoms with Crippen LogP contribution in [-0.2, 0) is 11.2 Å². The highest BCUT2D eigenvalue weighted by Crippen LogP contribution is 2.30. The maximum Gasteiger partial charge on any atom is 0.335 e. The Morgan fingerprint density at radius 3 is 2.23 bits per heavy atom. The van der Waals surface area contributed by atoms with Crippen molar-refractivity contribution >= 4 is 17.3 Å². The lowest BCUT2D eigenvalue weighted by Crippen LogP contribution is -2.32. The average molecular weight is 427 g/mol. The monoisotopic (exact) mass is 426 g/mol. The summed E-state index contributed by atoms with van der Waals surface area (Å²) in [6.07, 6.45) is 0.474. The third-order valence-electron chi connectivity index (χ3n) is 4.87. The first-order valence-corrected chi connectivity index (χ1v) is 10.6. The number of ether oxygens (including phenoxy) is 1. The molecule has 2 unspecified atom stereocenters. The van der Waals surface area contributed by atoms with Crippen molar-refractivity contribution in [1.82, 2.24) is 0 Å². The second kappa shape index (κ2) is 10.5. The van der Waals surface area contributed by atoms with Crippen LogP contribution in [0.3, 0.4) is 0 Å². The number of carboxylic acid groups (broad SMARTS) is 1. The van der Waals surface area contributed by atoms with E-state index in [1.165, 1.54) is 20.9 Å². The maximum absolute atomic E-state index is 10.9. The van der Waals surface area contributed by atoms with Crippen molar-refractivity contribution in [2.75, 3.05) is 13.2 Å². The van der Waals surface area contributed by atoms with Crippen LogP contribution in [0.1, 0.15) is 32.8 Å². The first kappa shape index (κ1) is 22.2. The van der Waals surface area contributed by atoms with E-state index >= 15 is 0 Å². The van der Waals surface area contributed by atoms with Gasteiger partial charge >= 0.3 is 5.97 Å². The summed E-state index contributed by atoms with van der Waals surface area (Å²) < 4.78 is 4.79. The molecule has 6 heteroatoms. The molecule has 0 aliphatic carbocycles. The fourth-order valence-electron chi connectivity index (χ4n) is 3.19. The van der Waals surface area contributed by atoms with Crippen LogP contribution in [0.2, 0.25) is 0 Å². The molecule has 158 valence electrons. The standard InChI is InChI=1S/C19H16O2S.C5H10O3/c1-13-4-2-3-5-16(13)12-17-10-11-18(22-17)14-6-8-15(9-7-14)19(20)21;6-4-1-5(7)3-8-2-4/h2-11H,12H2,1H3,(H,20,21);4-7H,1-3H2. The van der Waals surface area contributed by atoms with Crippen LogP contribution in [0, 0.1) is 6.92 Å². The first-order chi connectivity index (χ1) is 14.4. The first-order valence-electron chi connectivity index (χ1n) is 9.83. The summed E-state index contributed by atoms with van der Waals surface area (Å²) in [5.41, 5.74) is 4.03. The number of benzene rings is 2. The van der Waals surface area contributed by atoms with Crippen molar-refractivity contribution in [3.63, 3.8) is 0 Å². The van der Waals surface area contributed by atoms with Crippen LogP contribution in [0.25, 0.3) is 10.4 Å². The molecule has 1 aliphatic heterocycles. The summed E-state index contributed by atoms with van der Waals surface area (Å²) in [5, 5.41) is 26.5. The van der Waals surface area contributed by atoms with Crippen molar-refractivity contribution in [2.45, 2.75) is 32.0 Å². The number of aryl methyl sites for hydroxylation is 1. The van der Waals surface area contributed by atoms with Crippen LogP contribution < -0.4 is 0 Å². The minimum Gasteiger partial charge on any atom is -0.478 e. The zero-order chi connectivity index (χ0) is 21.5. The number of aromatic carboxylic acids is 1. The molecule has 0 bridgehead atoms. The van der Waals surface area contributed by atoms with E-state index in [9.17, 15) is 4.79 Å². The molecule has 1 aliphatic rings. The summed E-state index contributed by atoms with van der Waals surface area (Å²) in [6.45, 7) is 2.88. The number of aliphatic hydroxyl groups excluding tert-OH is 2. The quantitative estimate of drug-likeness (QED) is 0.584. The topological polar surface area (TPSA) is 87.0 Å². The van der Waals surface area contributed by atoms with E-state index in [-0.39, 0.29) is 0 Å². The molecule has 5 nitrogen and oxygen atoms in total. The Morgan fingerprint density at radius 1 is 1.00 bits per heavy atom. The van der Waals surface area contributed by atoms with Crippen LogP contribution in [0.5, 0.6) is 0 Å². The second-order valence-corrected chi connectivity index (χ2v) is 8.50. The molecule has 1 aromatic heterocycles. The summed E-state index contributed by atoms with van der Waals surface area (Å²) in [5.74, 6) is -0.891. The second-order valence-electron chi connectivity index (χ2n) is 7.33. The maximum atomic E-state index is 10.9. The van der Waals surface area contributed by atoms with Crippen molar-refractivity contribution in [1.29, 1.82) is 0 Å². The van der Waals surface area contributed by atoms with E-state index in [0.29, 0.717) is 25.2 Å². The number of rotatable bonds is 4. The molecule has 1 fully saturated rings. The van der Waals surface area contributed by atoms with Crippen LogP contribution >= 0.6 is 11.3 Å². The highest BCUT2D eigenvalue weighted by molar-refractivity contribution is 7.15. The molecule has 0 amide bonds. The number of thiophene rings is 1. The highest BCUT2D eigenvalue weighted by Gasteiger charge is 2.17. The van der Waals surface area contributed by atoms with Crippen LogP contribution in [0.15, 0.2) is 60.7 Å². The molecule has 3 N–H and O–H groups in total. The Bertz CT molecular complexity index is 956. The van der Waals surface area contributed by atoms with Crippen molar-refractivity contribution in [3.05, 3.63) is 82.2 Å². The van der Waals surface area contributed by atoms with Gasteiger partial charge in [0.05, 0.1) is 31.0 Å². The number of hydrogen-bond acceptors (Lipinski definition) is 5. The van der Waals surface area contributed by atoms with Gasteiger partial charge in [0.25, 0.3) is 0 Å². The molecular weight excluding hydrogens is 400 g/mol. The fourth-order valence-corrected chi connectivity index (χ4v) is 4.23. The van der Waals surface area contributed by atoms with Crippen molar-refractivity contribution in [2.24, 2.45) is 0 Å². The van der Waals surface area contributed by atoms with Gasteiger partial charge in [-0.15, -0.1) is 11.3 Å². The van der Waals surface area contributed by atoms with Gasteiger partial charge in [0.2, 0.25) is 0 Å². The Morgan fingerprint density at radius 2 is 1.67 bits per heavy atom. The zero-order valence-electron chi connectivity index (χ0n) is 16.8. The molecule has 0 radical (unpaired) electrons. The highest BCUT2D eigenvalue weighted by atomic mass is 32.1. The molecule has 4 rings (SSSR count). The lowest BCUT2D eigenvalue weighted by molar-refractivity contribution is -0.0715. The van der Waals surface area contributed by atoms with Gasteiger partial charge in [0.15, 0.2) is 0 Å². The smallest absolute Gasteiger partial charge is 0.335 e. The summed E-state index contributed by atoms with van der Waals surface area (Å²) in [7, 11) is 0. The zero-order valence-corrected chi connectivity index (χ0v) is 17.6. The van der Waals surface area contributed by atoms with Gasteiger partial charge < -0.3 is 20.1 Å². The van der Waals surface area contributed by atoms with E-state index < -0.39 is 18.2 Å². The van der Waals surface area contributed by atoms with Gasteiger partial charge in [-0.3, -0.25) is 0 Å². The molecule has 2 aromatic carbocycles. The Hall–Kier alpha value is -2.51. The largest absolute Gasteiger partial charge is 0.478 e. The Balaban J connectivity index is 0.000000269. The SMILES string of the molecule is Cc1ccccc1Cc1ccc(-c2ccc(C(=O)O)cc2)s1.OC1COCC(O)C1. The van der Waals surface area contributed by atoms with E-state index in [1.54, 1.807) is 23.5 Å². The predicted octanol–water partition coefficient (Wildman–Crippen LogP) is 4.14. The lowest BCUT2D eigenvalue weighted by Gasteiger charge is -2.21. The molecule has 0 saturated carbocycles. The predicted molar refractivity (Wildman–Crippen MR) is 118 cm³/mol. The van der Waals surface area contributed by atoms with Crippen molar-refractivity contribution in [3.8, 4) is 10.4 Å². The normalized spacial score (nSPS) is 18.4. The van der Waals surface area contributed by atoms with E-state index in [2.05, 4.69) is 43.3 Å². The number of carbonyl (C=O) groups is 1. The van der Waals surface area contributed by atoms with Gasteiger partial charge in [-0.2, -0.15) is 0 Å². The van der Waals surface area contributed by atoms with E-state index in [0.717, 1.165) is 12.0 Å². The van der Waals surface area contributed by atoms with Crippen LogP contribution in [0.4, 0.5) is 0 Å². The van der Waals surface area contributed by atoms with Gasteiger partial charge in [0, 0.05) is 22.6 Å². The minimum absolute atomic E-state index is 0.320. The fraction of sp³-hybridized carbons (Fsp3) is 0.292. The minimum atomic E-state index is -0.891. The number of aliphatic hydroxyl groups is 2. The van der Waals surface area contributed by atoms with E-state index in [4.69, 9.17) is 20.1 Å². The molecule has 1 saturated heterocycles. The summed E-state index contributed by atoms with van der Waals surface area (Å²) >= 11 is 1.76.